The van der Waals surface area contributed by atoms with Gasteiger partial charge in [-0.25, -0.2) is 8.96 Å². The predicted molar refractivity (Wildman–Crippen MR) is 75.9 cm³/mol. The summed E-state index contributed by atoms with van der Waals surface area (Å²) in [5, 5.41) is -0.0135. The third kappa shape index (κ3) is 3.58. The summed E-state index contributed by atoms with van der Waals surface area (Å²) in [5.41, 5.74) is -3.69. The van der Waals surface area contributed by atoms with Crippen molar-refractivity contribution in [2.24, 2.45) is 0 Å². The topological polar surface area (TPSA) is 44.1 Å². The molecule has 0 atom stereocenters. The van der Waals surface area contributed by atoms with Gasteiger partial charge in [0.05, 0.1) is 12.3 Å². The maximum absolute atomic E-state index is 14.0. The fourth-order valence-electron chi connectivity index (χ4n) is 1.88. The minimum atomic E-state index is -5.96. The van der Waals surface area contributed by atoms with E-state index in [9.17, 15) is 31.1 Å². The maximum atomic E-state index is 14.0. The first-order chi connectivity index (χ1) is 11.5. The third-order valence-electron chi connectivity index (χ3n) is 2.99. The minimum Gasteiger partial charge on any atom is -0.465 e. The second kappa shape index (κ2) is 6.58. The molecule has 0 fully saturated rings. The van der Waals surface area contributed by atoms with Crippen molar-refractivity contribution in [3.8, 4) is 11.7 Å². The Morgan fingerprint density at radius 2 is 1.84 bits per heavy atom. The molecule has 0 saturated carbocycles. The number of ether oxygens (including phenoxy) is 1. The van der Waals surface area contributed by atoms with Crippen LogP contribution in [0.25, 0.3) is 5.69 Å². The van der Waals surface area contributed by atoms with Gasteiger partial charge in [0.25, 0.3) is 5.56 Å². The van der Waals surface area contributed by atoms with Crippen molar-refractivity contribution in [3.63, 3.8) is 0 Å². The van der Waals surface area contributed by atoms with Gasteiger partial charge >= 0.3 is 18.1 Å². The Hall–Kier alpha value is -2.23. The van der Waals surface area contributed by atoms with E-state index >= 15 is 0 Å². The summed E-state index contributed by atoms with van der Waals surface area (Å²) >= 11 is 5.58. The molecule has 0 aliphatic rings. The van der Waals surface area contributed by atoms with E-state index in [1.165, 1.54) is 13.0 Å². The average molecular weight is 387 g/mol. The van der Waals surface area contributed by atoms with Crippen molar-refractivity contribution in [1.29, 1.82) is 0 Å². The number of aromatic nitrogens is 2. The molecule has 4 nitrogen and oxygen atoms in total. The van der Waals surface area contributed by atoms with Gasteiger partial charge in [-0.15, -0.1) is 0 Å². The van der Waals surface area contributed by atoms with E-state index in [2.05, 4.69) is 4.98 Å². The van der Waals surface area contributed by atoms with E-state index in [1.54, 1.807) is 0 Å². The number of nitrogens with zero attached hydrogens (tertiary/aromatic N) is 2. The van der Waals surface area contributed by atoms with Gasteiger partial charge in [0.1, 0.15) is 11.5 Å². The standard InChI is InChI=1S/C14H9ClF6N2O2/c1-2-25-12-22-10(13(17,18)14(19,20)21)6-11(24)23(12)9-4-3-7(15)5-8(9)16/h3-6H,2H2,1H3. The van der Waals surface area contributed by atoms with Gasteiger partial charge < -0.3 is 4.74 Å². The highest BCUT2D eigenvalue weighted by Crippen LogP contribution is 2.43. The summed E-state index contributed by atoms with van der Waals surface area (Å²) in [6, 6.07) is 2.13. The van der Waals surface area contributed by atoms with E-state index in [4.69, 9.17) is 16.3 Å². The highest BCUT2D eigenvalue weighted by atomic mass is 35.5. The molecule has 0 aliphatic heterocycles. The third-order valence-corrected chi connectivity index (χ3v) is 3.22. The van der Waals surface area contributed by atoms with Crippen LogP contribution in [0.15, 0.2) is 29.1 Å². The Balaban J connectivity index is 2.73. The smallest absolute Gasteiger partial charge is 0.459 e. The van der Waals surface area contributed by atoms with Crippen LogP contribution in [-0.2, 0) is 5.92 Å². The summed E-state index contributed by atoms with van der Waals surface area (Å²) in [6.45, 7) is 1.16. The van der Waals surface area contributed by atoms with E-state index in [0.717, 1.165) is 12.1 Å². The van der Waals surface area contributed by atoms with Gasteiger partial charge in [0.15, 0.2) is 0 Å². The number of benzene rings is 1. The minimum absolute atomic E-state index is 0.0135. The maximum Gasteiger partial charge on any atom is 0.459 e. The molecular formula is C14H9ClF6N2O2. The molecule has 0 amide bonds. The second-order valence-corrected chi connectivity index (χ2v) is 5.13. The summed E-state index contributed by atoms with van der Waals surface area (Å²) in [4.78, 5) is 15.2. The molecular weight excluding hydrogens is 378 g/mol. The van der Waals surface area contributed by atoms with Gasteiger partial charge in [-0.1, -0.05) is 11.6 Å². The van der Waals surface area contributed by atoms with Crippen LogP contribution in [0, 0.1) is 5.82 Å². The van der Waals surface area contributed by atoms with Gasteiger partial charge in [-0.3, -0.25) is 4.79 Å². The van der Waals surface area contributed by atoms with E-state index in [0.29, 0.717) is 4.57 Å². The first kappa shape index (κ1) is 19.1. The molecule has 0 radical (unpaired) electrons. The van der Waals surface area contributed by atoms with Crippen molar-refractivity contribution in [2.45, 2.75) is 19.0 Å². The van der Waals surface area contributed by atoms with Crippen molar-refractivity contribution in [3.05, 3.63) is 51.2 Å². The fourth-order valence-corrected chi connectivity index (χ4v) is 2.04. The molecule has 0 saturated heterocycles. The van der Waals surface area contributed by atoms with Gasteiger partial charge in [-0.05, 0) is 25.1 Å². The number of halogens is 7. The van der Waals surface area contributed by atoms with E-state index < -0.39 is 40.9 Å². The van der Waals surface area contributed by atoms with Crippen LogP contribution in [-0.4, -0.2) is 22.3 Å². The second-order valence-electron chi connectivity index (χ2n) is 4.70. The molecule has 25 heavy (non-hydrogen) atoms. The molecule has 136 valence electrons. The van der Waals surface area contributed by atoms with Crippen molar-refractivity contribution in [1.82, 2.24) is 9.55 Å². The summed E-state index contributed by atoms with van der Waals surface area (Å²) < 4.78 is 83.6. The highest BCUT2D eigenvalue weighted by Gasteiger charge is 2.60. The monoisotopic (exact) mass is 386 g/mol. The average Bonchev–Trinajstić information content (AvgIpc) is 2.47. The molecule has 0 unspecified atom stereocenters. The zero-order valence-corrected chi connectivity index (χ0v) is 13.1. The highest BCUT2D eigenvalue weighted by molar-refractivity contribution is 6.30. The molecule has 2 rings (SSSR count). The summed E-state index contributed by atoms with van der Waals surface area (Å²) in [5.74, 6) is -6.40. The van der Waals surface area contributed by atoms with Crippen molar-refractivity contribution >= 4 is 11.6 Å². The lowest BCUT2D eigenvalue weighted by atomic mass is 10.2. The quantitative estimate of drug-likeness (QED) is 0.744. The molecule has 0 bridgehead atoms. The van der Waals surface area contributed by atoms with Gasteiger partial charge in [-0.2, -0.15) is 26.9 Å². The zero-order valence-electron chi connectivity index (χ0n) is 12.4. The molecule has 0 aliphatic carbocycles. The van der Waals surface area contributed by atoms with Crippen LogP contribution >= 0.6 is 11.6 Å². The normalized spacial score (nSPS) is 12.3. The molecule has 1 aromatic carbocycles. The number of hydrogen-bond donors (Lipinski definition) is 0. The van der Waals surface area contributed by atoms with Crippen molar-refractivity contribution < 1.29 is 31.1 Å². The Morgan fingerprint density at radius 1 is 1.20 bits per heavy atom. The van der Waals surface area contributed by atoms with E-state index in [-0.39, 0.29) is 17.7 Å². The number of alkyl halides is 5. The van der Waals surface area contributed by atoms with Crippen LogP contribution < -0.4 is 10.3 Å². The Bertz CT molecular complexity index is 850. The molecule has 0 N–H and O–H groups in total. The Kier molecular flexibility index (Phi) is 5.03. The predicted octanol–water partition coefficient (Wildman–Crippen LogP) is 4.08. The lowest BCUT2D eigenvalue weighted by Crippen LogP contribution is -2.37. The molecule has 1 aromatic heterocycles. The summed E-state index contributed by atoms with van der Waals surface area (Å²) in [6.07, 6.45) is -5.96. The summed E-state index contributed by atoms with van der Waals surface area (Å²) in [7, 11) is 0. The number of rotatable bonds is 4. The van der Waals surface area contributed by atoms with Gasteiger partial charge in [0, 0.05) is 11.1 Å². The van der Waals surface area contributed by atoms with Crippen LogP contribution in [0.5, 0.6) is 6.01 Å². The molecule has 2 aromatic rings. The van der Waals surface area contributed by atoms with E-state index in [1.807, 2.05) is 0 Å². The van der Waals surface area contributed by atoms with Crippen LogP contribution in [0.4, 0.5) is 26.3 Å². The number of hydrogen-bond acceptors (Lipinski definition) is 3. The fraction of sp³-hybridized carbons (Fsp3) is 0.286. The molecule has 11 heteroatoms. The Morgan fingerprint density at radius 3 is 2.36 bits per heavy atom. The van der Waals surface area contributed by atoms with Gasteiger partial charge in [0.2, 0.25) is 0 Å². The molecule has 0 spiro atoms. The van der Waals surface area contributed by atoms with Crippen molar-refractivity contribution in [2.75, 3.05) is 6.61 Å². The van der Waals surface area contributed by atoms with Crippen LogP contribution in [0.3, 0.4) is 0 Å². The first-order valence-electron chi connectivity index (χ1n) is 6.66. The van der Waals surface area contributed by atoms with Crippen LogP contribution in [0.2, 0.25) is 5.02 Å². The molecule has 1 heterocycles. The zero-order chi connectivity index (χ0) is 19.0. The first-order valence-corrected chi connectivity index (χ1v) is 7.04. The van der Waals surface area contributed by atoms with Crippen LogP contribution in [0.1, 0.15) is 12.6 Å². The lowest BCUT2D eigenvalue weighted by Gasteiger charge is -2.20. The largest absolute Gasteiger partial charge is 0.465 e. The Labute approximate surface area is 141 Å². The lowest BCUT2D eigenvalue weighted by molar-refractivity contribution is -0.291. The SMILES string of the molecule is CCOc1nc(C(F)(F)C(F)(F)F)cc(=O)n1-c1ccc(Cl)cc1F.